The first kappa shape index (κ1) is 14.3. The summed E-state index contributed by atoms with van der Waals surface area (Å²) in [4.78, 5) is 11.8. The van der Waals surface area contributed by atoms with Gasteiger partial charge >= 0.3 is 0 Å². The van der Waals surface area contributed by atoms with Crippen LogP contribution < -0.4 is 4.74 Å². The summed E-state index contributed by atoms with van der Waals surface area (Å²) in [5, 5.41) is 2.24. The fourth-order valence-corrected chi connectivity index (χ4v) is 6.10. The van der Waals surface area contributed by atoms with Crippen LogP contribution in [0.4, 0.5) is 5.69 Å². The first-order valence-corrected chi connectivity index (χ1v) is 9.57. The number of benzene rings is 1. The van der Waals surface area contributed by atoms with Gasteiger partial charge in [-0.25, -0.2) is 0 Å². The van der Waals surface area contributed by atoms with Gasteiger partial charge in [0.25, 0.3) is 0 Å². The quantitative estimate of drug-likeness (QED) is 0.726. The molecular formula is C21H23N3O. The number of aromatic nitrogens is 1. The molecule has 25 heavy (non-hydrogen) atoms. The summed E-state index contributed by atoms with van der Waals surface area (Å²) in [7, 11) is 2.26. The van der Waals surface area contributed by atoms with E-state index in [1.54, 1.807) is 0 Å². The highest BCUT2D eigenvalue weighted by molar-refractivity contribution is 5.97. The van der Waals surface area contributed by atoms with Crippen molar-refractivity contribution < 1.29 is 4.74 Å². The third kappa shape index (κ3) is 1.86. The Morgan fingerprint density at radius 1 is 1.08 bits per heavy atom. The Kier molecular flexibility index (Phi) is 2.75. The maximum atomic E-state index is 6.79. The zero-order valence-corrected chi connectivity index (χ0v) is 14.6. The summed E-state index contributed by atoms with van der Waals surface area (Å²) in [6, 6.07) is 6.89. The fourth-order valence-electron chi connectivity index (χ4n) is 6.10. The molecule has 4 fully saturated rings. The average molecular weight is 333 g/mol. The predicted octanol–water partition coefficient (Wildman–Crippen LogP) is 4.17. The summed E-state index contributed by atoms with van der Waals surface area (Å²) >= 11 is 0. The average Bonchev–Trinajstić information content (AvgIpc) is 2.76. The van der Waals surface area contributed by atoms with E-state index >= 15 is 0 Å². The molecule has 4 heteroatoms. The minimum atomic E-state index is -0.364. The van der Waals surface area contributed by atoms with Gasteiger partial charge in [0.05, 0.1) is 6.21 Å². The molecule has 1 spiro atoms. The SMILES string of the molecule is CN1C2CC3CC(C2)CC(C3)C12C=Nc1c(ccc3ccncc13)O2. The number of nitrogens with zero attached hydrogens (tertiary/aromatic N) is 3. The molecule has 2 saturated carbocycles. The van der Waals surface area contributed by atoms with Gasteiger partial charge in [-0.15, -0.1) is 0 Å². The largest absolute Gasteiger partial charge is 0.465 e. The molecule has 3 unspecified atom stereocenters. The number of hydrogen-bond donors (Lipinski definition) is 0. The molecule has 4 bridgehead atoms. The molecule has 7 rings (SSSR count). The van der Waals surface area contributed by atoms with E-state index in [2.05, 4.69) is 35.3 Å². The molecule has 0 amide bonds. The van der Waals surface area contributed by atoms with Crippen molar-refractivity contribution in [2.24, 2.45) is 22.7 Å². The Morgan fingerprint density at radius 3 is 2.76 bits per heavy atom. The molecular weight excluding hydrogens is 310 g/mol. The summed E-state index contributed by atoms with van der Waals surface area (Å²) in [5.74, 6) is 3.22. The van der Waals surface area contributed by atoms with E-state index in [0.717, 1.165) is 28.7 Å². The van der Waals surface area contributed by atoms with E-state index in [0.29, 0.717) is 12.0 Å². The number of pyridine rings is 1. The smallest absolute Gasteiger partial charge is 0.202 e. The van der Waals surface area contributed by atoms with Crippen molar-refractivity contribution in [3.8, 4) is 5.75 Å². The lowest BCUT2D eigenvalue weighted by molar-refractivity contribution is -0.0623. The summed E-state index contributed by atoms with van der Waals surface area (Å²) in [5.41, 5.74) is 0.575. The van der Waals surface area contributed by atoms with E-state index in [9.17, 15) is 0 Å². The maximum absolute atomic E-state index is 6.79. The molecule has 0 N–H and O–H groups in total. The van der Waals surface area contributed by atoms with Gasteiger partial charge in [-0.1, -0.05) is 6.07 Å². The lowest BCUT2D eigenvalue weighted by atomic mass is 9.67. The van der Waals surface area contributed by atoms with Crippen molar-refractivity contribution in [3.63, 3.8) is 0 Å². The van der Waals surface area contributed by atoms with E-state index in [1.807, 2.05) is 18.5 Å². The number of aliphatic imine (C=N–C) groups is 1. The lowest BCUT2D eigenvalue weighted by Gasteiger charge is -2.45. The lowest BCUT2D eigenvalue weighted by Crippen LogP contribution is -2.59. The molecule has 4 nitrogen and oxygen atoms in total. The minimum Gasteiger partial charge on any atom is -0.465 e. The summed E-state index contributed by atoms with van der Waals surface area (Å²) in [6.07, 6.45) is 12.5. The second-order valence-electron chi connectivity index (χ2n) is 8.49. The van der Waals surface area contributed by atoms with Crippen molar-refractivity contribution in [2.45, 2.75) is 43.9 Å². The Morgan fingerprint density at radius 2 is 1.92 bits per heavy atom. The van der Waals surface area contributed by atoms with Crippen molar-refractivity contribution in [2.75, 3.05) is 7.05 Å². The molecule has 1 aromatic carbocycles. The molecule has 128 valence electrons. The van der Waals surface area contributed by atoms with Crippen molar-refractivity contribution in [1.82, 2.24) is 9.88 Å². The highest BCUT2D eigenvalue weighted by Gasteiger charge is 2.56. The van der Waals surface area contributed by atoms with Gasteiger partial charge < -0.3 is 4.74 Å². The minimum absolute atomic E-state index is 0.364. The normalized spacial score (nSPS) is 38.8. The van der Waals surface area contributed by atoms with Crippen LogP contribution in [0, 0.1) is 17.8 Å². The number of ether oxygens (including phenoxy) is 1. The van der Waals surface area contributed by atoms with Gasteiger partial charge in [0.15, 0.2) is 0 Å². The van der Waals surface area contributed by atoms with Gasteiger partial charge in [-0.2, -0.15) is 0 Å². The van der Waals surface area contributed by atoms with Crippen molar-refractivity contribution in [1.29, 1.82) is 0 Å². The van der Waals surface area contributed by atoms with Crippen LogP contribution in [0.1, 0.15) is 32.1 Å². The van der Waals surface area contributed by atoms with E-state index in [1.165, 1.54) is 37.5 Å². The van der Waals surface area contributed by atoms with Gasteiger partial charge in [-0.05, 0) is 68.5 Å². The molecule has 3 aliphatic heterocycles. The summed E-state index contributed by atoms with van der Waals surface area (Å²) < 4.78 is 6.79. The fraction of sp³-hybridized carbons (Fsp3) is 0.524. The first-order chi connectivity index (χ1) is 12.2. The van der Waals surface area contributed by atoms with E-state index < -0.39 is 0 Å². The molecule has 0 radical (unpaired) electrons. The van der Waals surface area contributed by atoms with Crippen LogP contribution in [0.5, 0.6) is 5.75 Å². The van der Waals surface area contributed by atoms with Crippen LogP contribution in [0.3, 0.4) is 0 Å². The zero-order chi connectivity index (χ0) is 16.6. The van der Waals surface area contributed by atoms with E-state index in [-0.39, 0.29) is 5.72 Å². The number of fused-ring (bicyclic) bond motifs is 3. The second kappa shape index (κ2) is 4.82. The molecule has 2 saturated heterocycles. The van der Waals surface area contributed by atoms with E-state index in [4.69, 9.17) is 9.73 Å². The summed E-state index contributed by atoms with van der Waals surface area (Å²) in [6.45, 7) is 0. The van der Waals surface area contributed by atoms with Crippen LogP contribution in [-0.4, -0.2) is 34.9 Å². The third-order valence-electron chi connectivity index (χ3n) is 7.21. The zero-order valence-electron chi connectivity index (χ0n) is 14.6. The van der Waals surface area contributed by atoms with Crippen LogP contribution in [0.25, 0.3) is 10.8 Å². The van der Waals surface area contributed by atoms with Crippen LogP contribution in [0.15, 0.2) is 35.6 Å². The Hall–Kier alpha value is -1.94. The third-order valence-corrected chi connectivity index (χ3v) is 7.21. The topological polar surface area (TPSA) is 37.7 Å². The van der Waals surface area contributed by atoms with Crippen molar-refractivity contribution >= 4 is 22.7 Å². The Bertz CT molecular complexity index is 880. The second-order valence-corrected chi connectivity index (χ2v) is 8.49. The predicted molar refractivity (Wildman–Crippen MR) is 98.4 cm³/mol. The standard InChI is InChI=1S/C21H23N3O/c1-24-17-9-13-6-14(10-17)8-16(7-13)21(24)12-23-20-18-11-22-5-4-15(18)2-3-19(20)25-21/h2-5,11-14,16-17H,6-10H2,1H3. The number of rotatable bonds is 0. The maximum Gasteiger partial charge on any atom is 0.202 e. The highest BCUT2D eigenvalue weighted by Crippen LogP contribution is 2.54. The molecule has 2 aliphatic carbocycles. The Balaban J connectivity index is 1.50. The highest BCUT2D eigenvalue weighted by atomic mass is 16.5. The van der Waals surface area contributed by atoms with Gasteiger partial charge in [0.1, 0.15) is 11.4 Å². The molecule has 2 aromatic rings. The van der Waals surface area contributed by atoms with Crippen LogP contribution in [-0.2, 0) is 0 Å². The molecule has 1 aromatic heterocycles. The van der Waals surface area contributed by atoms with Gasteiger partial charge in [-0.3, -0.25) is 14.9 Å². The molecule has 3 atom stereocenters. The Labute approximate surface area is 147 Å². The van der Waals surface area contributed by atoms with Crippen LogP contribution in [0.2, 0.25) is 0 Å². The molecule has 5 aliphatic rings. The van der Waals surface area contributed by atoms with Crippen LogP contribution >= 0.6 is 0 Å². The van der Waals surface area contributed by atoms with Gasteiger partial charge in [0, 0.05) is 29.7 Å². The van der Waals surface area contributed by atoms with Crippen molar-refractivity contribution in [3.05, 3.63) is 30.6 Å². The van der Waals surface area contributed by atoms with Gasteiger partial charge in [0.2, 0.25) is 5.72 Å². The first-order valence-electron chi connectivity index (χ1n) is 9.57. The monoisotopic (exact) mass is 333 g/mol. The number of hydrogen-bond acceptors (Lipinski definition) is 4. The molecule has 4 heterocycles.